The summed E-state index contributed by atoms with van der Waals surface area (Å²) in [6.07, 6.45) is 0. The molecule has 0 amide bonds. The second-order valence-corrected chi connectivity index (χ2v) is 6.63. The molecule has 0 spiro atoms. The zero-order valence-corrected chi connectivity index (χ0v) is 10.2. The Morgan fingerprint density at radius 2 is 1.73 bits per heavy atom. The van der Waals surface area contributed by atoms with E-state index in [2.05, 4.69) is 0 Å². The maximum Gasteiger partial charge on any atom is 0.189 e. The molecular weight excluding hydrogens is 230 g/mol. The van der Waals surface area contributed by atoms with Gasteiger partial charge in [-0.1, -0.05) is 30.4 Å². The first-order valence-electron chi connectivity index (χ1n) is 4.40. The van der Waals surface area contributed by atoms with E-state index in [1.54, 1.807) is 18.2 Å². The second-order valence-electron chi connectivity index (χ2n) is 3.69. The summed E-state index contributed by atoms with van der Waals surface area (Å²) < 4.78 is 23.0. The normalized spacial score (nSPS) is 12.4. The molecule has 0 aliphatic rings. The molecule has 2 N–H and O–H groups in total. The molecule has 0 heterocycles. The van der Waals surface area contributed by atoms with E-state index in [-0.39, 0.29) is 9.88 Å². The lowest BCUT2D eigenvalue weighted by molar-refractivity contribution is 0.577. The molecule has 0 atom stereocenters. The van der Waals surface area contributed by atoms with Gasteiger partial charge in [0, 0.05) is 0 Å². The van der Waals surface area contributed by atoms with Gasteiger partial charge in [0.05, 0.1) is 9.88 Å². The molecule has 0 radical (unpaired) electrons. The third kappa shape index (κ3) is 2.03. The van der Waals surface area contributed by atoms with Gasteiger partial charge in [-0.3, -0.25) is 0 Å². The minimum absolute atomic E-state index is 0.0219. The van der Waals surface area contributed by atoms with Crippen molar-refractivity contribution in [2.45, 2.75) is 23.5 Å². The van der Waals surface area contributed by atoms with Gasteiger partial charge in [-0.15, -0.1) is 0 Å². The van der Waals surface area contributed by atoms with E-state index < -0.39 is 14.6 Å². The SMILES string of the molecule is CC(C)(C(N)=S)S(=O)(=O)c1ccccc1. The van der Waals surface area contributed by atoms with E-state index in [1.165, 1.54) is 26.0 Å². The Kier molecular flexibility index (Phi) is 3.16. The molecule has 0 saturated heterocycles. The van der Waals surface area contributed by atoms with Gasteiger partial charge in [0.15, 0.2) is 9.84 Å². The molecule has 15 heavy (non-hydrogen) atoms. The van der Waals surface area contributed by atoms with Crippen molar-refractivity contribution in [3.63, 3.8) is 0 Å². The molecule has 0 aromatic heterocycles. The molecule has 5 heteroatoms. The number of thiocarbonyl (C=S) groups is 1. The Bertz CT molecular complexity index is 463. The van der Waals surface area contributed by atoms with Crippen LogP contribution in [-0.4, -0.2) is 18.2 Å². The first-order valence-corrected chi connectivity index (χ1v) is 6.29. The summed E-state index contributed by atoms with van der Waals surface area (Å²) in [5.74, 6) is 0. The highest BCUT2D eigenvalue weighted by Crippen LogP contribution is 2.25. The summed E-state index contributed by atoms with van der Waals surface area (Å²) in [5.41, 5.74) is 5.45. The molecule has 0 bridgehead atoms. The first kappa shape index (κ1) is 12.1. The molecule has 1 aromatic carbocycles. The van der Waals surface area contributed by atoms with Gasteiger partial charge in [-0.2, -0.15) is 0 Å². The van der Waals surface area contributed by atoms with Crippen LogP contribution < -0.4 is 5.73 Å². The van der Waals surface area contributed by atoms with Crippen LogP contribution in [0.15, 0.2) is 35.2 Å². The predicted molar refractivity (Wildman–Crippen MR) is 64.5 cm³/mol. The number of hydrogen-bond donors (Lipinski definition) is 1. The number of nitrogens with two attached hydrogens (primary N) is 1. The molecule has 1 rings (SSSR count). The first-order chi connectivity index (χ1) is 6.80. The van der Waals surface area contributed by atoms with Crippen LogP contribution >= 0.6 is 12.2 Å². The van der Waals surface area contributed by atoms with Gasteiger partial charge in [0.1, 0.15) is 4.75 Å². The number of hydrogen-bond acceptors (Lipinski definition) is 3. The van der Waals surface area contributed by atoms with Crippen LogP contribution in [0.2, 0.25) is 0 Å². The predicted octanol–water partition coefficient (Wildman–Crippen LogP) is 1.53. The monoisotopic (exact) mass is 243 g/mol. The Balaban J connectivity index is 3.33. The van der Waals surface area contributed by atoms with Gasteiger partial charge in [0.2, 0.25) is 0 Å². The van der Waals surface area contributed by atoms with E-state index >= 15 is 0 Å². The van der Waals surface area contributed by atoms with Crippen molar-refractivity contribution >= 4 is 27.0 Å². The standard InChI is InChI=1S/C10H13NO2S2/c1-10(2,9(11)14)15(12,13)8-6-4-3-5-7-8/h3-7H,1-2H3,(H2,11,14). The number of benzene rings is 1. The van der Waals surface area contributed by atoms with Crippen molar-refractivity contribution in [3.05, 3.63) is 30.3 Å². The highest BCUT2D eigenvalue weighted by atomic mass is 32.2. The average Bonchev–Trinajstić information content (AvgIpc) is 2.18. The van der Waals surface area contributed by atoms with Crippen LogP contribution in [0, 0.1) is 0 Å². The van der Waals surface area contributed by atoms with Crippen molar-refractivity contribution in [1.29, 1.82) is 0 Å². The largest absolute Gasteiger partial charge is 0.392 e. The third-order valence-corrected chi connectivity index (χ3v) is 5.41. The molecule has 0 fully saturated rings. The lowest BCUT2D eigenvalue weighted by Crippen LogP contribution is -2.44. The van der Waals surface area contributed by atoms with Gasteiger partial charge in [-0.25, -0.2) is 8.42 Å². The Morgan fingerprint density at radius 1 is 1.27 bits per heavy atom. The quantitative estimate of drug-likeness (QED) is 0.818. The Labute approximate surface area is 95.2 Å². The fourth-order valence-electron chi connectivity index (χ4n) is 1.03. The fourth-order valence-corrected chi connectivity index (χ4v) is 2.73. The van der Waals surface area contributed by atoms with Crippen LogP contribution in [0.1, 0.15) is 13.8 Å². The summed E-state index contributed by atoms with van der Waals surface area (Å²) in [6.45, 7) is 3.02. The molecule has 1 aromatic rings. The topological polar surface area (TPSA) is 60.2 Å². The van der Waals surface area contributed by atoms with Crippen molar-refractivity contribution in [1.82, 2.24) is 0 Å². The van der Waals surface area contributed by atoms with Crippen molar-refractivity contribution in [2.75, 3.05) is 0 Å². The van der Waals surface area contributed by atoms with Crippen LogP contribution in [-0.2, 0) is 9.84 Å². The summed E-state index contributed by atoms with van der Waals surface area (Å²) in [4.78, 5) is 0.217. The molecule has 0 saturated carbocycles. The Hall–Kier alpha value is -0.940. The minimum Gasteiger partial charge on any atom is -0.392 e. The fraction of sp³-hybridized carbons (Fsp3) is 0.300. The third-order valence-electron chi connectivity index (χ3n) is 2.32. The second kappa shape index (κ2) is 3.90. The van der Waals surface area contributed by atoms with Crippen molar-refractivity contribution in [2.24, 2.45) is 5.73 Å². The molecule has 3 nitrogen and oxygen atoms in total. The van der Waals surface area contributed by atoms with Gasteiger partial charge >= 0.3 is 0 Å². The van der Waals surface area contributed by atoms with Crippen molar-refractivity contribution < 1.29 is 8.42 Å². The zero-order valence-electron chi connectivity index (χ0n) is 8.60. The minimum atomic E-state index is -3.50. The van der Waals surface area contributed by atoms with Crippen LogP contribution in [0.25, 0.3) is 0 Å². The van der Waals surface area contributed by atoms with Gasteiger partial charge in [0.25, 0.3) is 0 Å². The molecule has 0 aliphatic heterocycles. The van der Waals surface area contributed by atoms with Crippen LogP contribution in [0.5, 0.6) is 0 Å². The van der Waals surface area contributed by atoms with E-state index in [0.29, 0.717) is 0 Å². The van der Waals surface area contributed by atoms with E-state index in [0.717, 1.165) is 0 Å². The smallest absolute Gasteiger partial charge is 0.189 e. The summed E-state index contributed by atoms with van der Waals surface area (Å²) in [7, 11) is -3.50. The lowest BCUT2D eigenvalue weighted by Gasteiger charge is -2.23. The van der Waals surface area contributed by atoms with Crippen LogP contribution in [0.4, 0.5) is 0 Å². The van der Waals surface area contributed by atoms with Crippen LogP contribution in [0.3, 0.4) is 0 Å². The highest BCUT2D eigenvalue weighted by molar-refractivity contribution is 7.95. The summed E-state index contributed by atoms with van der Waals surface area (Å²) in [6, 6.07) is 8.17. The van der Waals surface area contributed by atoms with Crippen molar-refractivity contribution in [3.8, 4) is 0 Å². The number of sulfone groups is 1. The highest BCUT2D eigenvalue weighted by Gasteiger charge is 2.38. The maximum absolute atomic E-state index is 12.1. The lowest BCUT2D eigenvalue weighted by atomic mass is 10.2. The van der Waals surface area contributed by atoms with Gasteiger partial charge < -0.3 is 5.73 Å². The molecule has 0 aliphatic carbocycles. The molecule has 82 valence electrons. The molecular formula is C10H13NO2S2. The van der Waals surface area contributed by atoms with E-state index in [1.807, 2.05) is 0 Å². The summed E-state index contributed by atoms with van der Waals surface area (Å²) in [5, 5.41) is 0. The maximum atomic E-state index is 12.1. The Morgan fingerprint density at radius 3 is 2.13 bits per heavy atom. The zero-order chi connectivity index (χ0) is 11.7. The van der Waals surface area contributed by atoms with E-state index in [9.17, 15) is 8.42 Å². The van der Waals surface area contributed by atoms with Gasteiger partial charge in [-0.05, 0) is 26.0 Å². The van der Waals surface area contributed by atoms with E-state index in [4.69, 9.17) is 18.0 Å². The molecule has 0 unspecified atom stereocenters. The average molecular weight is 243 g/mol. The summed E-state index contributed by atoms with van der Waals surface area (Å²) >= 11 is 4.78. The number of rotatable bonds is 3.